The average Bonchev–Trinajstić information content (AvgIpc) is 2.48. The summed E-state index contributed by atoms with van der Waals surface area (Å²) < 4.78 is 34.9. The lowest BCUT2D eigenvalue weighted by molar-refractivity contribution is 0.308. The summed E-state index contributed by atoms with van der Waals surface area (Å²) in [7, 11) is -3.81. The van der Waals surface area contributed by atoms with Gasteiger partial charge in [0.15, 0.2) is 0 Å². The fourth-order valence-electron chi connectivity index (χ4n) is 1.71. The molecule has 2 rings (SSSR count). The van der Waals surface area contributed by atoms with Crippen LogP contribution in [0.4, 0.5) is 0 Å². The fraction of sp³-hybridized carbons (Fsp3) is 0.250. The van der Waals surface area contributed by atoms with Gasteiger partial charge in [-0.05, 0) is 30.7 Å². The van der Waals surface area contributed by atoms with E-state index in [1.54, 1.807) is 42.5 Å². The number of hydrogen-bond donors (Lipinski definition) is 0. The van der Waals surface area contributed by atoms with Gasteiger partial charge in [0.1, 0.15) is 16.4 Å². The minimum Gasteiger partial charge on any atom is -0.493 e. The summed E-state index contributed by atoms with van der Waals surface area (Å²) in [6.07, 6.45) is 1.99. The Hall–Kier alpha value is -2.01. The van der Waals surface area contributed by atoms with Gasteiger partial charge in [0.05, 0.1) is 6.61 Å². The second kappa shape index (κ2) is 7.13. The van der Waals surface area contributed by atoms with Crippen LogP contribution in [0.2, 0.25) is 0 Å². The van der Waals surface area contributed by atoms with E-state index in [9.17, 15) is 8.42 Å². The number of hydrogen-bond acceptors (Lipinski definition) is 4. The number of ether oxygens (including phenoxy) is 1. The zero-order valence-corrected chi connectivity index (χ0v) is 12.7. The molecule has 0 aliphatic heterocycles. The Bertz CT molecular complexity index is 666. The summed E-state index contributed by atoms with van der Waals surface area (Å²) in [5.41, 5.74) is 0. The molecule has 0 unspecified atom stereocenters. The van der Waals surface area contributed by atoms with E-state index in [-0.39, 0.29) is 10.6 Å². The number of rotatable bonds is 7. The van der Waals surface area contributed by atoms with E-state index in [0.29, 0.717) is 12.4 Å². The Morgan fingerprint density at radius 2 is 1.67 bits per heavy atom. The van der Waals surface area contributed by atoms with Crippen molar-refractivity contribution in [1.29, 1.82) is 0 Å². The van der Waals surface area contributed by atoms with Gasteiger partial charge < -0.3 is 8.92 Å². The first-order chi connectivity index (χ1) is 10.1. The van der Waals surface area contributed by atoms with E-state index in [1.807, 2.05) is 0 Å². The van der Waals surface area contributed by atoms with Crippen LogP contribution in [0.25, 0.3) is 0 Å². The molecule has 0 spiro atoms. The van der Waals surface area contributed by atoms with Crippen LogP contribution in [-0.4, -0.2) is 15.0 Å². The Morgan fingerprint density at radius 1 is 0.952 bits per heavy atom. The van der Waals surface area contributed by atoms with Crippen molar-refractivity contribution in [3.05, 3.63) is 54.6 Å². The highest BCUT2D eigenvalue weighted by molar-refractivity contribution is 7.87. The monoisotopic (exact) mass is 306 g/mol. The van der Waals surface area contributed by atoms with Crippen molar-refractivity contribution in [2.24, 2.45) is 0 Å². The van der Waals surface area contributed by atoms with Gasteiger partial charge in [-0.1, -0.05) is 37.6 Å². The van der Waals surface area contributed by atoms with E-state index < -0.39 is 10.1 Å². The van der Waals surface area contributed by atoms with Gasteiger partial charge in [0, 0.05) is 6.07 Å². The summed E-state index contributed by atoms with van der Waals surface area (Å²) in [6, 6.07) is 14.7. The predicted molar refractivity (Wildman–Crippen MR) is 81.1 cm³/mol. The average molecular weight is 306 g/mol. The first-order valence-corrected chi connectivity index (χ1v) is 8.25. The van der Waals surface area contributed by atoms with Crippen molar-refractivity contribution in [1.82, 2.24) is 0 Å². The zero-order valence-electron chi connectivity index (χ0n) is 11.9. The van der Waals surface area contributed by atoms with E-state index >= 15 is 0 Å². The highest BCUT2D eigenvalue weighted by atomic mass is 32.2. The smallest absolute Gasteiger partial charge is 0.339 e. The highest BCUT2D eigenvalue weighted by Gasteiger charge is 2.16. The molecule has 0 N–H and O–H groups in total. The predicted octanol–water partition coefficient (Wildman–Crippen LogP) is 3.63. The Balaban J connectivity index is 2.11. The van der Waals surface area contributed by atoms with Crippen LogP contribution in [-0.2, 0) is 10.1 Å². The lowest BCUT2D eigenvalue weighted by Crippen LogP contribution is -2.09. The van der Waals surface area contributed by atoms with Crippen molar-refractivity contribution >= 4 is 10.1 Å². The lowest BCUT2D eigenvalue weighted by Gasteiger charge is -2.09. The first-order valence-electron chi connectivity index (χ1n) is 6.84. The molecule has 5 heteroatoms. The molecule has 0 radical (unpaired) electrons. The van der Waals surface area contributed by atoms with Crippen molar-refractivity contribution in [2.75, 3.05) is 6.61 Å². The lowest BCUT2D eigenvalue weighted by atomic mass is 10.3. The van der Waals surface area contributed by atoms with Gasteiger partial charge in [-0.2, -0.15) is 8.42 Å². The third-order valence-corrected chi connectivity index (χ3v) is 4.07. The molecule has 112 valence electrons. The Kier molecular flexibility index (Phi) is 5.22. The molecular formula is C16H18O4S. The molecule has 0 saturated carbocycles. The second-order valence-corrected chi connectivity index (χ2v) is 6.07. The van der Waals surface area contributed by atoms with Gasteiger partial charge >= 0.3 is 10.1 Å². The largest absolute Gasteiger partial charge is 0.493 e. The van der Waals surface area contributed by atoms with Crippen LogP contribution >= 0.6 is 0 Å². The highest BCUT2D eigenvalue weighted by Crippen LogP contribution is 2.23. The summed E-state index contributed by atoms with van der Waals surface area (Å²) in [6.45, 7) is 2.68. The van der Waals surface area contributed by atoms with E-state index in [0.717, 1.165) is 12.8 Å². The van der Waals surface area contributed by atoms with E-state index in [1.165, 1.54) is 12.1 Å². The van der Waals surface area contributed by atoms with Gasteiger partial charge in [-0.15, -0.1) is 0 Å². The van der Waals surface area contributed by atoms with Gasteiger partial charge in [0.25, 0.3) is 0 Å². The molecule has 2 aromatic rings. The van der Waals surface area contributed by atoms with Crippen LogP contribution < -0.4 is 8.92 Å². The van der Waals surface area contributed by atoms with Crippen molar-refractivity contribution < 1.29 is 17.3 Å². The molecule has 0 fully saturated rings. The Labute approximate surface area is 125 Å². The maximum atomic E-state index is 12.1. The summed E-state index contributed by atoms with van der Waals surface area (Å²) in [4.78, 5) is 0.127. The van der Waals surface area contributed by atoms with Crippen LogP contribution in [0.15, 0.2) is 59.5 Å². The van der Waals surface area contributed by atoms with Crippen LogP contribution in [0.5, 0.6) is 11.5 Å². The minimum absolute atomic E-state index is 0.127. The molecule has 0 aliphatic carbocycles. The summed E-state index contributed by atoms with van der Waals surface area (Å²) in [5, 5.41) is 0. The summed E-state index contributed by atoms with van der Waals surface area (Å²) >= 11 is 0. The third kappa shape index (κ3) is 4.49. The number of unbranched alkanes of at least 4 members (excludes halogenated alkanes) is 1. The van der Waals surface area contributed by atoms with Crippen LogP contribution in [0.1, 0.15) is 19.8 Å². The minimum atomic E-state index is -3.81. The SMILES string of the molecule is CCCCOc1cccc(OS(=O)(=O)c2ccccc2)c1. The van der Waals surface area contributed by atoms with Gasteiger partial charge in [-0.3, -0.25) is 0 Å². The molecule has 21 heavy (non-hydrogen) atoms. The van der Waals surface area contributed by atoms with Crippen LogP contribution in [0, 0.1) is 0 Å². The summed E-state index contributed by atoms with van der Waals surface area (Å²) in [5.74, 6) is 0.845. The molecule has 0 aliphatic rings. The van der Waals surface area contributed by atoms with E-state index in [4.69, 9.17) is 8.92 Å². The normalized spacial score (nSPS) is 11.1. The first kappa shape index (κ1) is 15.4. The van der Waals surface area contributed by atoms with Crippen molar-refractivity contribution in [3.63, 3.8) is 0 Å². The third-order valence-electron chi connectivity index (χ3n) is 2.81. The topological polar surface area (TPSA) is 52.6 Å². The quantitative estimate of drug-likeness (QED) is 0.579. The maximum absolute atomic E-state index is 12.1. The molecule has 0 heterocycles. The molecular weight excluding hydrogens is 288 g/mol. The van der Waals surface area contributed by atoms with Gasteiger partial charge in [-0.25, -0.2) is 0 Å². The Morgan fingerprint density at radius 3 is 2.38 bits per heavy atom. The zero-order chi connectivity index (χ0) is 15.1. The van der Waals surface area contributed by atoms with Crippen molar-refractivity contribution in [3.8, 4) is 11.5 Å². The molecule has 2 aromatic carbocycles. The molecule has 0 bridgehead atoms. The molecule has 0 aromatic heterocycles. The van der Waals surface area contributed by atoms with E-state index in [2.05, 4.69) is 6.92 Å². The van der Waals surface area contributed by atoms with Gasteiger partial charge in [0.2, 0.25) is 0 Å². The molecule has 0 saturated heterocycles. The second-order valence-electron chi connectivity index (χ2n) is 4.53. The standard InChI is InChI=1S/C16H18O4S/c1-2-3-12-19-14-8-7-9-15(13-14)20-21(17,18)16-10-5-4-6-11-16/h4-11,13H,2-3,12H2,1H3. The van der Waals surface area contributed by atoms with Crippen molar-refractivity contribution in [2.45, 2.75) is 24.7 Å². The molecule has 0 atom stereocenters. The molecule has 4 nitrogen and oxygen atoms in total. The maximum Gasteiger partial charge on any atom is 0.339 e. The fourth-order valence-corrected chi connectivity index (χ4v) is 2.66. The van der Waals surface area contributed by atoms with Crippen LogP contribution in [0.3, 0.4) is 0 Å². The number of benzene rings is 2. The molecule has 0 amide bonds.